The van der Waals surface area contributed by atoms with Crippen molar-refractivity contribution in [3.8, 4) is 11.7 Å². The van der Waals surface area contributed by atoms with E-state index in [2.05, 4.69) is 15.4 Å². The van der Waals surface area contributed by atoms with Gasteiger partial charge in [-0.1, -0.05) is 0 Å². The van der Waals surface area contributed by atoms with Crippen LogP contribution in [0.3, 0.4) is 0 Å². The third kappa shape index (κ3) is 3.73. The molecule has 1 amide bonds. The molecule has 168 valence electrons. The maximum atomic E-state index is 13.0. The Balaban J connectivity index is 1.34. The number of hydrogen-bond acceptors (Lipinski definition) is 6. The monoisotopic (exact) mass is 444 g/mol. The number of ether oxygens (including phenoxy) is 1. The average Bonchev–Trinajstić information content (AvgIpc) is 3.46. The second-order valence-electron chi connectivity index (χ2n) is 8.90. The summed E-state index contributed by atoms with van der Waals surface area (Å²) in [6.45, 7) is 0. The van der Waals surface area contributed by atoms with Crippen LogP contribution in [0.4, 0.5) is 0 Å². The molecule has 1 aromatic carbocycles. The van der Waals surface area contributed by atoms with Crippen molar-refractivity contribution in [1.82, 2.24) is 29.7 Å². The lowest BCUT2D eigenvalue weighted by atomic mass is 9.87. The van der Waals surface area contributed by atoms with Gasteiger partial charge in [-0.15, -0.1) is 0 Å². The number of nitrogens with one attached hydrogen (secondary N) is 1. The Morgan fingerprint density at radius 1 is 1.12 bits per heavy atom. The van der Waals surface area contributed by atoms with Crippen LogP contribution in [0, 0.1) is 5.92 Å². The normalized spacial score (nSPS) is 20.7. The maximum Gasteiger partial charge on any atom is 0.251 e. The first-order chi connectivity index (χ1) is 16.2. The summed E-state index contributed by atoms with van der Waals surface area (Å²) in [5, 5.41) is 13.1. The first-order valence-corrected chi connectivity index (χ1v) is 11.4. The van der Waals surface area contributed by atoms with Crippen LogP contribution < -0.4 is 10.1 Å². The molecule has 0 unspecified atom stereocenters. The van der Waals surface area contributed by atoms with Gasteiger partial charge < -0.3 is 14.8 Å². The van der Waals surface area contributed by atoms with Crippen LogP contribution in [0.1, 0.15) is 48.9 Å². The number of rotatable bonds is 6. The smallest absolute Gasteiger partial charge is 0.251 e. The zero-order chi connectivity index (χ0) is 22.4. The molecule has 0 spiro atoms. The topological polar surface area (TPSA) is 103 Å². The van der Waals surface area contributed by atoms with E-state index in [1.165, 1.54) is 0 Å². The zero-order valence-electron chi connectivity index (χ0n) is 18.1. The highest BCUT2D eigenvalue weighted by Crippen LogP contribution is 2.35. The molecule has 0 atom stereocenters. The van der Waals surface area contributed by atoms with Crippen molar-refractivity contribution >= 4 is 28.7 Å². The number of carbonyl (C=O) groups excluding carboxylic acids is 2. The van der Waals surface area contributed by atoms with Gasteiger partial charge in [-0.2, -0.15) is 19.4 Å². The van der Waals surface area contributed by atoms with E-state index in [4.69, 9.17) is 9.84 Å². The Hall–Kier alpha value is -3.75. The molecule has 4 aromatic rings. The van der Waals surface area contributed by atoms with Crippen molar-refractivity contribution in [2.75, 3.05) is 0 Å². The number of carbonyl (C=O) groups is 2. The summed E-state index contributed by atoms with van der Waals surface area (Å²) in [6, 6.07) is 9.30. The van der Waals surface area contributed by atoms with E-state index < -0.39 is 0 Å². The molecule has 3 heterocycles. The Bertz CT molecular complexity index is 1350. The van der Waals surface area contributed by atoms with Crippen LogP contribution >= 0.6 is 0 Å². The van der Waals surface area contributed by atoms with Crippen LogP contribution in [-0.4, -0.2) is 48.7 Å². The van der Waals surface area contributed by atoms with Gasteiger partial charge in [0.15, 0.2) is 11.5 Å². The predicted octanol–water partition coefficient (Wildman–Crippen LogP) is 3.10. The summed E-state index contributed by atoms with van der Waals surface area (Å²) in [4.78, 5) is 28.4. The van der Waals surface area contributed by atoms with E-state index >= 15 is 0 Å². The van der Waals surface area contributed by atoms with Gasteiger partial charge in [-0.25, -0.2) is 4.98 Å². The van der Waals surface area contributed by atoms with Gasteiger partial charge in [0.1, 0.15) is 12.4 Å². The van der Waals surface area contributed by atoms with Gasteiger partial charge in [0.2, 0.25) is 5.88 Å². The van der Waals surface area contributed by atoms with Crippen molar-refractivity contribution in [2.45, 2.75) is 50.7 Å². The van der Waals surface area contributed by atoms with Gasteiger partial charge in [0.05, 0.1) is 17.1 Å². The molecule has 33 heavy (non-hydrogen) atoms. The molecule has 0 radical (unpaired) electrons. The maximum absolute atomic E-state index is 13.0. The molecule has 1 N–H and O–H groups in total. The SMILES string of the molecule is O=CC1CCC(NC(=O)c2ccc3nn(-c4cnc5cccnn45)c(OC4CC4)c3c2)CC1. The zero-order valence-corrected chi connectivity index (χ0v) is 18.1. The molecule has 3 aromatic heterocycles. The van der Waals surface area contributed by atoms with Gasteiger partial charge in [0, 0.05) is 23.7 Å². The summed E-state index contributed by atoms with van der Waals surface area (Å²) in [6.07, 6.45) is 9.92. The van der Waals surface area contributed by atoms with Crippen LogP contribution in [0.5, 0.6) is 5.88 Å². The molecule has 0 aliphatic heterocycles. The van der Waals surface area contributed by atoms with E-state index in [1.54, 1.807) is 27.7 Å². The van der Waals surface area contributed by atoms with E-state index in [0.29, 0.717) is 22.9 Å². The van der Waals surface area contributed by atoms with Crippen LogP contribution in [0.25, 0.3) is 22.4 Å². The van der Waals surface area contributed by atoms with Gasteiger partial charge in [-0.05, 0) is 68.9 Å². The largest absolute Gasteiger partial charge is 0.474 e. The number of aromatic nitrogens is 5. The van der Waals surface area contributed by atoms with Crippen molar-refractivity contribution in [2.24, 2.45) is 5.92 Å². The summed E-state index contributed by atoms with van der Waals surface area (Å²) in [7, 11) is 0. The Kier molecular flexibility index (Phi) is 4.82. The number of fused-ring (bicyclic) bond motifs is 2. The average molecular weight is 444 g/mol. The second-order valence-corrected chi connectivity index (χ2v) is 8.90. The van der Waals surface area contributed by atoms with Crippen LogP contribution in [-0.2, 0) is 4.79 Å². The van der Waals surface area contributed by atoms with E-state index in [0.717, 1.165) is 55.7 Å². The number of imidazole rings is 1. The first-order valence-electron chi connectivity index (χ1n) is 11.4. The summed E-state index contributed by atoms with van der Waals surface area (Å²) >= 11 is 0. The molecular weight excluding hydrogens is 420 g/mol. The van der Waals surface area contributed by atoms with E-state index in [9.17, 15) is 9.59 Å². The molecule has 2 aliphatic rings. The number of amides is 1. The fourth-order valence-corrected chi connectivity index (χ4v) is 4.45. The summed E-state index contributed by atoms with van der Waals surface area (Å²) in [5.41, 5.74) is 2.02. The molecular formula is C24H24N6O3. The minimum atomic E-state index is -0.118. The first kappa shape index (κ1) is 19.9. The fraction of sp³-hybridized carbons (Fsp3) is 0.375. The van der Waals surface area contributed by atoms with Gasteiger partial charge >= 0.3 is 0 Å². The Labute approximate surface area is 189 Å². The minimum Gasteiger partial charge on any atom is -0.474 e. The second kappa shape index (κ2) is 7.99. The molecule has 6 rings (SSSR count). The minimum absolute atomic E-state index is 0.0959. The lowest BCUT2D eigenvalue weighted by molar-refractivity contribution is -0.111. The Morgan fingerprint density at radius 3 is 2.76 bits per heavy atom. The molecule has 2 aliphatic carbocycles. The number of nitrogens with zero attached hydrogens (tertiary/aromatic N) is 5. The number of hydrogen-bond donors (Lipinski definition) is 1. The van der Waals surface area contributed by atoms with E-state index in [-0.39, 0.29) is 24.0 Å². The van der Waals surface area contributed by atoms with Gasteiger partial charge in [-0.3, -0.25) is 4.79 Å². The third-order valence-electron chi connectivity index (χ3n) is 6.47. The van der Waals surface area contributed by atoms with Gasteiger partial charge in [0.25, 0.3) is 5.91 Å². The lowest BCUT2D eigenvalue weighted by Gasteiger charge is -2.26. The standard InChI is InChI=1S/C24H24N6O3/c31-14-15-3-6-17(7-4-15)27-23(32)16-5-10-20-19(12-16)24(33-18-8-9-18)30(28-20)22-13-25-21-2-1-11-26-29(21)22/h1-2,5,10-15,17-18H,3-4,6-9H2,(H,27,32). The van der Waals surface area contributed by atoms with E-state index in [1.807, 2.05) is 24.3 Å². The molecule has 9 heteroatoms. The highest BCUT2D eigenvalue weighted by Gasteiger charge is 2.29. The van der Waals surface area contributed by atoms with Crippen molar-refractivity contribution in [3.63, 3.8) is 0 Å². The highest BCUT2D eigenvalue weighted by molar-refractivity contribution is 5.99. The summed E-state index contributed by atoms with van der Waals surface area (Å²) < 4.78 is 9.70. The summed E-state index contributed by atoms with van der Waals surface area (Å²) in [5.74, 6) is 1.28. The van der Waals surface area contributed by atoms with Crippen LogP contribution in [0.2, 0.25) is 0 Å². The van der Waals surface area contributed by atoms with Crippen molar-refractivity contribution in [3.05, 3.63) is 48.3 Å². The number of aldehydes is 1. The molecule has 9 nitrogen and oxygen atoms in total. The molecule has 0 bridgehead atoms. The Morgan fingerprint density at radius 2 is 1.97 bits per heavy atom. The fourth-order valence-electron chi connectivity index (χ4n) is 4.45. The predicted molar refractivity (Wildman–Crippen MR) is 121 cm³/mol. The lowest BCUT2D eigenvalue weighted by Crippen LogP contribution is -2.37. The third-order valence-corrected chi connectivity index (χ3v) is 6.47. The van der Waals surface area contributed by atoms with Crippen LogP contribution in [0.15, 0.2) is 42.7 Å². The van der Waals surface area contributed by atoms with Crippen molar-refractivity contribution < 1.29 is 14.3 Å². The quantitative estimate of drug-likeness (QED) is 0.459. The molecule has 2 fully saturated rings. The molecule has 2 saturated carbocycles. The molecule has 0 saturated heterocycles. The highest BCUT2D eigenvalue weighted by atomic mass is 16.5. The number of benzene rings is 1. The van der Waals surface area contributed by atoms with Crippen molar-refractivity contribution in [1.29, 1.82) is 0 Å².